The highest BCUT2D eigenvalue weighted by Gasteiger charge is 2.44. The molecule has 6 rings (SSSR count). The van der Waals surface area contributed by atoms with Crippen molar-refractivity contribution in [2.24, 2.45) is 0 Å². The number of halogens is 5. The lowest BCUT2D eigenvalue weighted by Crippen LogP contribution is -2.67. The number of methoxy groups -OCH3 is 1. The van der Waals surface area contributed by atoms with E-state index >= 15 is 0 Å². The molecule has 0 bridgehead atoms. The molecule has 2 fully saturated rings. The SMILES string of the molecule is CCOc1nc(OC)c(CN2C[C@@H]3CN(C(=O)c4ccncn4)CCN3[C@H](C(c3ccccc3)c3ccccc3)C2)c(OCC(F)(F)F)n1.Cl.Cl. The molecule has 2 aromatic heterocycles. The third-order valence-electron chi connectivity index (χ3n) is 8.79. The summed E-state index contributed by atoms with van der Waals surface area (Å²) in [6.45, 7) is 3.17. The van der Waals surface area contributed by atoms with Crippen LogP contribution in [0, 0.1) is 0 Å². The van der Waals surface area contributed by atoms with Crippen molar-refractivity contribution >= 4 is 30.7 Å². The number of carbonyl (C=O) groups is 1. The average Bonchev–Trinajstić information content (AvgIpc) is 3.12. The van der Waals surface area contributed by atoms with Gasteiger partial charge in [0.2, 0.25) is 11.8 Å². The summed E-state index contributed by atoms with van der Waals surface area (Å²) in [6.07, 6.45) is -1.68. The van der Waals surface area contributed by atoms with Crippen LogP contribution in [0.2, 0.25) is 0 Å². The number of amides is 1. The number of rotatable bonds is 11. The largest absolute Gasteiger partial charge is 0.481 e. The first-order valence-electron chi connectivity index (χ1n) is 16.1. The summed E-state index contributed by atoms with van der Waals surface area (Å²) in [7, 11) is 1.40. The number of aromatic nitrogens is 4. The van der Waals surface area contributed by atoms with Gasteiger partial charge in [0.15, 0.2) is 6.61 Å². The number of hydrogen-bond donors (Lipinski definition) is 0. The molecule has 16 heteroatoms. The van der Waals surface area contributed by atoms with Gasteiger partial charge in [-0.3, -0.25) is 14.6 Å². The van der Waals surface area contributed by atoms with Gasteiger partial charge < -0.3 is 19.1 Å². The summed E-state index contributed by atoms with van der Waals surface area (Å²) < 4.78 is 56.3. The number of nitrogens with zero attached hydrogens (tertiary/aromatic N) is 7. The molecule has 2 atom stereocenters. The monoisotopic (exact) mass is 749 g/mol. The van der Waals surface area contributed by atoms with E-state index in [0.29, 0.717) is 38.4 Å². The molecule has 0 N–H and O–H groups in total. The molecule has 2 aromatic carbocycles. The van der Waals surface area contributed by atoms with Crippen LogP contribution in [0.3, 0.4) is 0 Å². The van der Waals surface area contributed by atoms with Crippen molar-refractivity contribution in [2.75, 3.05) is 53.0 Å². The minimum Gasteiger partial charge on any atom is -0.481 e. The van der Waals surface area contributed by atoms with E-state index in [1.807, 2.05) is 41.3 Å². The number of carbonyl (C=O) groups excluding carboxylic acids is 1. The van der Waals surface area contributed by atoms with Crippen molar-refractivity contribution < 1.29 is 32.2 Å². The molecule has 0 radical (unpaired) electrons. The second kappa shape index (κ2) is 17.8. The lowest BCUT2D eigenvalue weighted by Gasteiger charge is -2.53. The van der Waals surface area contributed by atoms with Crippen molar-refractivity contribution in [3.05, 3.63) is 102 Å². The lowest BCUT2D eigenvalue weighted by molar-refractivity contribution is -0.154. The van der Waals surface area contributed by atoms with Crippen molar-refractivity contribution in [2.45, 2.75) is 37.6 Å². The Bertz CT molecular complexity index is 1660. The van der Waals surface area contributed by atoms with Crippen molar-refractivity contribution in [3.63, 3.8) is 0 Å². The summed E-state index contributed by atoms with van der Waals surface area (Å²) in [5.41, 5.74) is 2.87. The number of ether oxygens (including phenoxy) is 3. The fourth-order valence-corrected chi connectivity index (χ4v) is 6.77. The predicted octanol–water partition coefficient (Wildman–Crippen LogP) is 5.30. The van der Waals surface area contributed by atoms with Gasteiger partial charge >= 0.3 is 12.2 Å². The number of hydrogen-bond acceptors (Lipinski definition) is 10. The summed E-state index contributed by atoms with van der Waals surface area (Å²) in [5.74, 6) is -0.404. The Morgan fingerprint density at radius 2 is 1.57 bits per heavy atom. The maximum atomic E-state index is 13.5. The molecule has 0 unspecified atom stereocenters. The molecule has 0 spiro atoms. The number of piperazine rings is 2. The van der Waals surface area contributed by atoms with Crippen LogP contribution >= 0.6 is 24.8 Å². The summed E-state index contributed by atoms with van der Waals surface area (Å²) in [5, 5.41) is 0. The van der Waals surface area contributed by atoms with Crippen molar-refractivity contribution in [1.29, 1.82) is 0 Å². The maximum absolute atomic E-state index is 13.5. The quantitative estimate of drug-likeness (QED) is 0.201. The van der Waals surface area contributed by atoms with E-state index in [1.54, 1.807) is 19.2 Å². The highest BCUT2D eigenvalue weighted by Crippen LogP contribution is 2.38. The molecular weight excluding hydrogens is 710 g/mol. The fourth-order valence-electron chi connectivity index (χ4n) is 6.77. The molecule has 0 aliphatic carbocycles. The molecule has 4 aromatic rings. The van der Waals surface area contributed by atoms with Gasteiger partial charge in [0.05, 0.1) is 19.3 Å². The van der Waals surface area contributed by atoms with Crippen LogP contribution in [0.15, 0.2) is 79.3 Å². The zero-order chi connectivity index (χ0) is 34.4. The van der Waals surface area contributed by atoms with E-state index in [2.05, 4.69) is 54.0 Å². The Hall–Kier alpha value is -4.24. The van der Waals surface area contributed by atoms with Gasteiger partial charge in [-0.25, -0.2) is 9.97 Å². The molecule has 11 nitrogen and oxygen atoms in total. The third kappa shape index (κ3) is 9.56. The first-order chi connectivity index (χ1) is 23.7. The number of fused-ring (bicyclic) bond motifs is 1. The lowest BCUT2D eigenvalue weighted by atomic mass is 9.81. The van der Waals surface area contributed by atoms with Crippen LogP contribution in [0.5, 0.6) is 17.8 Å². The van der Waals surface area contributed by atoms with Crippen molar-refractivity contribution in [1.82, 2.24) is 34.6 Å². The van der Waals surface area contributed by atoms with E-state index < -0.39 is 12.8 Å². The van der Waals surface area contributed by atoms with Gasteiger partial charge in [-0.1, -0.05) is 60.7 Å². The molecule has 4 heterocycles. The van der Waals surface area contributed by atoms with Gasteiger partial charge in [0.25, 0.3) is 5.91 Å². The predicted molar refractivity (Wildman–Crippen MR) is 188 cm³/mol. The average molecular weight is 751 g/mol. The van der Waals surface area contributed by atoms with E-state index in [-0.39, 0.29) is 85.2 Å². The molecule has 2 aliphatic rings. The molecule has 2 saturated heterocycles. The van der Waals surface area contributed by atoms with E-state index in [1.165, 1.54) is 13.4 Å². The Morgan fingerprint density at radius 1 is 0.902 bits per heavy atom. The first-order valence-corrected chi connectivity index (χ1v) is 16.1. The first kappa shape index (κ1) is 39.5. The van der Waals surface area contributed by atoms with Crippen LogP contribution in [-0.4, -0.2) is 112 Å². The van der Waals surface area contributed by atoms with Crippen LogP contribution in [0.25, 0.3) is 0 Å². The second-order valence-corrected chi connectivity index (χ2v) is 11.9. The molecule has 0 saturated carbocycles. The number of alkyl halides is 3. The third-order valence-corrected chi connectivity index (χ3v) is 8.79. The smallest absolute Gasteiger partial charge is 0.422 e. The topological polar surface area (TPSA) is 106 Å². The summed E-state index contributed by atoms with van der Waals surface area (Å²) >= 11 is 0. The van der Waals surface area contributed by atoms with Gasteiger partial charge in [0, 0.05) is 63.5 Å². The van der Waals surface area contributed by atoms with Crippen molar-refractivity contribution in [3.8, 4) is 17.8 Å². The minimum absolute atomic E-state index is 0. The van der Waals surface area contributed by atoms with E-state index in [9.17, 15) is 18.0 Å². The highest BCUT2D eigenvalue weighted by atomic mass is 35.5. The summed E-state index contributed by atoms with van der Waals surface area (Å²) in [4.78, 5) is 36.6. The Balaban J connectivity index is 0.00000292. The van der Waals surface area contributed by atoms with Gasteiger partial charge in [0.1, 0.15) is 12.0 Å². The normalized spacial score (nSPS) is 17.9. The fraction of sp³-hybridized carbons (Fsp3) is 0.400. The maximum Gasteiger partial charge on any atom is 0.422 e. The Morgan fingerprint density at radius 3 is 2.16 bits per heavy atom. The standard InChI is InChI=1S/C35H38F3N7O4.2ClH/c1-3-48-34-41-31(47-2)27(32(42-34)49-22-35(36,37)38)20-43-18-26-19-44(33(46)28-14-15-39-23-40-28)16-17-45(26)29(21-43)30(24-10-6-4-7-11-24)25-12-8-5-9-13-25;;/h4-15,23,26,29-30H,3,16-22H2,1-2H3;2*1H/t26-,29+;;/m1../s1. The molecule has 2 aliphatic heterocycles. The number of benzene rings is 2. The van der Waals surface area contributed by atoms with Gasteiger partial charge in [-0.15, -0.1) is 24.8 Å². The van der Waals surface area contributed by atoms with Crippen LogP contribution in [-0.2, 0) is 6.54 Å². The Kier molecular flexibility index (Phi) is 13.8. The zero-order valence-corrected chi connectivity index (χ0v) is 29.7. The molecule has 51 heavy (non-hydrogen) atoms. The van der Waals surface area contributed by atoms with Crippen LogP contribution in [0.4, 0.5) is 13.2 Å². The van der Waals surface area contributed by atoms with Gasteiger partial charge in [-0.05, 0) is 24.1 Å². The molecule has 1 amide bonds. The van der Waals surface area contributed by atoms with E-state index in [0.717, 1.165) is 11.1 Å². The van der Waals surface area contributed by atoms with Gasteiger partial charge in [-0.2, -0.15) is 23.1 Å². The van der Waals surface area contributed by atoms with Crippen LogP contribution in [0.1, 0.15) is 40.0 Å². The molecular formula is C35H40Cl2F3N7O4. The highest BCUT2D eigenvalue weighted by molar-refractivity contribution is 5.92. The Labute approximate surface area is 307 Å². The zero-order valence-electron chi connectivity index (χ0n) is 28.1. The second-order valence-electron chi connectivity index (χ2n) is 11.9. The van der Waals surface area contributed by atoms with E-state index in [4.69, 9.17) is 14.2 Å². The summed E-state index contributed by atoms with van der Waals surface area (Å²) in [6, 6.07) is 21.8. The molecule has 274 valence electrons. The minimum atomic E-state index is -4.59. The van der Waals surface area contributed by atoms with Crippen LogP contribution < -0.4 is 14.2 Å².